The zero-order valence-corrected chi connectivity index (χ0v) is 13.4. The van der Waals surface area contributed by atoms with Crippen molar-refractivity contribution in [2.75, 3.05) is 0 Å². The van der Waals surface area contributed by atoms with Crippen LogP contribution in [0.4, 0.5) is 24.5 Å². The molecule has 0 aliphatic heterocycles. The second-order valence-electron chi connectivity index (χ2n) is 4.99. The number of aromatic nitrogens is 2. The molecule has 0 saturated heterocycles. The summed E-state index contributed by atoms with van der Waals surface area (Å²) in [4.78, 5) is 24.2. The van der Waals surface area contributed by atoms with Crippen LogP contribution in [0.25, 0.3) is 0 Å². The molecule has 1 aromatic carbocycles. The molecule has 0 atom stereocenters. The number of aromatic hydroxyl groups is 1. The average Bonchev–Trinajstić information content (AvgIpc) is 2.55. The fourth-order valence-electron chi connectivity index (χ4n) is 2.15. The van der Waals surface area contributed by atoms with Crippen LogP contribution in [-0.2, 0) is 19.3 Å². The van der Waals surface area contributed by atoms with Crippen LogP contribution in [0.1, 0.15) is 19.4 Å². The lowest BCUT2D eigenvalue weighted by atomic mass is 10.2. The number of alkyl halides is 3. The Labute approximate surface area is 139 Å². The highest BCUT2D eigenvalue weighted by molar-refractivity contribution is 5.46. The first-order valence-corrected chi connectivity index (χ1v) is 7.36. The van der Waals surface area contributed by atoms with Crippen molar-refractivity contribution in [3.05, 3.63) is 50.7 Å². The molecule has 25 heavy (non-hydrogen) atoms. The van der Waals surface area contributed by atoms with Gasteiger partial charge in [0.25, 0.3) is 5.56 Å². The average molecular weight is 356 g/mol. The number of hydrogen-bond acceptors (Lipinski definition) is 5. The topological polar surface area (TPSA) is 88.9 Å². The van der Waals surface area contributed by atoms with Gasteiger partial charge in [0.1, 0.15) is 0 Å². The van der Waals surface area contributed by atoms with Gasteiger partial charge in [-0.1, -0.05) is 0 Å². The van der Waals surface area contributed by atoms with E-state index in [0.717, 1.165) is 33.4 Å². The lowest BCUT2D eigenvalue weighted by Crippen LogP contribution is -2.38. The fourth-order valence-corrected chi connectivity index (χ4v) is 2.15. The number of halogens is 3. The van der Waals surface area contributed by atoms with Crippen LogP contribution in [0.15, 0.2) is 44.1 Å². The molecule has 0 unspecified atom stereocenters. The Morgan fingerprint density at radius 2 is 1.56 bits per heavy atom. The number of benzene rings is 1. The van der Waals surface area contributed by atoms with E-state index in [2.05, 4.69) is 10.2 Å². The molecule has 0 saturated carbocycles. The molecule has 1 N–H and O–H groups in total. The van der Waals surface area contributed by atoms with E-state index in [1.54, 1.807) is 13.8 Å². The highest BCUT2D eigenvalue weighted by atomic mass is 19.4. The van der Waals surface area contributed by atoms with Gasteiger partial charge in [-0.3, -0.25) is 13.9 Å². The molecular formula is C15H15F3N4O3. The van der Waals surface area contributed by atoms with Gasteiger partial charge in [0.05, 0.1) is 11.3 Å². The zero-order chi connectivity index (χ0) is 18.8. The quantitative estimate of drug-likeness (QED) is 0.853. The number of azo groups is 1. The van der Waals surface area contributed by atoms with E-state index in [1.807, 2.05) is 0 Å². The predicted octanol–water partition coefficient (Wildman–Crippen LogP) is 3.19. The van der Waals surface area contributed by atoms with Crippen LogP contribution in [0, 0.1) is 0 Å². The van der Waals surface area contributed by atoms with Crippen molar-refractivity contribution in [1.29, 1.82) is 0 Å². The molecule has 134 valence electrons. The smallest absolute Gasteiger partial charge is 0.416 e. The van der Waals surface area contributed by atoms with Crippen molar-refractivity contribution in [3.8, 4) is 5.88 Å². The van der Waals surface area contributed by atoms with Crippen molar-refractivity contribution in [2.45, 2.75) is 33.1 Å². The second-order valence-corrected chi connectivity index (χ2v) is 4.99. The Kier molecular flexibility index (Phi) is 5.10. The van der Waals surface area contributed by atoms with E-state index in [4.69, 9.17) is 0 Å². The van der Waals surface area contributed by atoms with Crippen molar-refractivity contribution in [2.24, 2.45) is 10.2 Å². The van der Waals surface area contributed by atoms with Gasteiger partial charge in [-0.2, -0.15) is 18.3 Å². The summed E-state index contributed by atoms with van der Waals surface area (Å²) >= 11 is 0. The van der Waals surface area contributed by atoms with Crippen molar-refractivity contribution in [3.63, 3.8) is 0 Å². The summed E-state index contributed by atoms with van der Waals surface area (Å²) in [5, 5.41) is 17.3. The minimum Gasteiger partial charge on any atom is -0.493 e. The molecular weight excluding hydrogens is 341 g/mol. The van der Waals surface area contributed by atoms with Crippen molar-refractivity contribution < 1.29 is 18.3 Å². The Bertz CT molecular complexity index is 912. The minimum absolute atomic E-state index is 0.0593. The number of hydrogen-bond donors (Lipinski definition) is 1. The van der Waals surface area contributed by atoms with Crippen LogP contribution in [0.5, 0.6) is 5.88 Å². The van der Waals surface area contributed by atoms with Gasteiger partial charge >= 0.3 is 11.9 Å². The van der Waals surface area contributed by atoms with E-state index in [-0.39, 0.29) is 18.8 Å². The summed E-state index contributed by atoms with van der Waals surface area (Å²) in [6, 6.07) is 3.81. The SMILES string of the molecule is CCn1c(O)c(N=Nc2ccc(C(F)(F)F)cc2)c(=O)n(CC)c1=O. The third-order valence-corrected chi connectivity index (χ3v) is 3.47. The molecule has 0 radical (unpaired) electrons. The number of nitrogens with zero attached hydrogens (tertiary/aromatic N) is 4. The third-order valence-electron chi connectivity index (χ3n) is 3.47. The summed E-state index contributed by atoms with van der Waals surface area (Å²) in [5.41, 5.74) is -2.75. The van der Waals surface area contributed by atoms with E-state index in [0.29, 0.717) is 0 Å². The number of rotatable bonds is 4. The van der Waals surface area contributed by atoms with E-state index >= 15 is 0 Å². The van der Waals surface area contributed by atoms with Gasteiger partial charge in [-0.25, -0.2) is 4.79 Å². The van der Waals surface area contributed by atoms with E-state index < -0.39 is 34.6 Å². The predicted molar refractivity (Wildman–Crippen MR) is 83.6 cm³/mol. The van der Waals surface area contributed by atoms with Gasteiger partial charge in [0, 0.05) is 13.1 Å². The summed E-state index contributed by atoms with van der Waals surface area (Å²) in [5.74, 6) is -0.641. The maximum absolute atomic E-state index is 12.5. The van der Waals surface area contributed by atoms with Crippen molar-refractivity contribution in [1.82, 2.24) is 9.13 Å². The van der Waals surface area contributed by atoms with E-state index in [1.165, 1.54) is 0 Å². The molecule has 0 spiro atoms. The molecule has 0 aliphatic rings. The largest absolute Gasteiger partial charge is 0.493 e. The second kappa shape index (κ2) is 6.91. The summed E-state index contributed by atoms with van der Waals surface area (Å²) < 4.78 is 39.4. The van der Waals surface area contributed by atoms with E-state index in [9.17, 15) is 27.9 Å². The van der Waals surface area contributed by atoms with Crippen LogP contribution in [0.3, 0.4) is 0 Å². The lowest BCUT2D eigenvalue weighted by Gasteiger charge is -2.10. The Hall–Kier alpha value is -2.91. The molecule has 1 aromatic heterocycles. The first-order valence-electron chi connectivity index (χ1n) is 7.36. The standard InChI is InChI=1S/C15H15F3N4O3/c1-3-21-12(23)11(13(24)22(4-2)14(21)25)20-19-10-7-5-9(6-8-10)15(16,17)18/h5-8,23H,3-4H2,1-2H3. The fraction of sp³-hybridized carbons (Fsp3) is 0.333. The normalized spacial score (nSPS) is 12.0. The molecule has 0 aliphatic carbocycles. The first kappa shape index (κ1) is 18.4. The monoisotopic (exact) mass is 356 g/mol. The summed E-state index contributed by atoms with van der Waals surface area (Å²) in [6.45, 7) is 3.35. The third kappa shape index (κ3) is 3.62. The minimum atomic E-state index is -4.47. The molecule has 2 aromatic rings. The highest BCUT2D eigenvalue weighted by Crippen LogP contribution is 2.31. The van der Waals surface area contributed by atoms with Gasteiger partial charge in [0.2, 0.25) is 11.6 Å². The van der Waals surface area contributed by atoms with Crippen LogP contribution < -0.4 is 11.2 Å². The summed E-state index contributed by atoms with van der Waals surface area (Å²) in [6.07, 6.45) is -4.47. The van der Waals surface area contributed by atoms with Crippen LogP contribution >= 0.6 is 0 Å². The first-order chi connectivity index (χ1) is 11.7. The molecule has 7 nitrogen and oxygen atoms in total. The molecule has 0 amide bonds. The Morgan fingerprint density at radius 3 is 2.04 bits per heavy atom. The molecule has 2 rings (SSSR count). The summed E-state index contributed by atoms with van der Waals surface area (Å²) in [7, 11) is 0. The molecule has 10 heteroatoms. The molecule has 0 bridgehead atoms. The van der Waals surface area contributed by atoms with Crippen LogP contribution in [-0.4, -0.2) is 14.2 Å². The van der Waals surface area contributed by atoms with Gasteiger partial charge in [-0.05, 0) is 38.1 Å². The van der Waals surface area contributed by atoms with Gasteiger partial charge < -0.3 is 5.11 Å². The van der Waals surface area contributed by atoms with Crippen molar-refractivity contribution >= 4 is 11.4 Å². The maximum atomic E-state index is 12.5. The van der Waals surface area contributed by atoms with Gasteiger partial charge in [0.15, 0.2) is 0 Å². The maximum Gasteiger partial charge on any atom is 0.416 e. The Morgan fingerprint density at radius 1 is 1.00 bits per heavy atom. The zero-order valence-electron chi connectivity index (χ0n) is 13.4. The van der Waals surface area contributed by atoms with Gasteiger partial charge in [-0.15, -0.1) is 5.11 Å². The molecule has 0 fully saturated rings. The highest BCUT2D eigenvalue weighted by Gasteiger charge is 2.29. The lowest BCUT2D eigenvalue weighted by molar-refractivity contribution is -0.137. The van der Waals surface area contributed by atoms with Crippen LogP contribution in [0.2, 0.25) is 0 Å². The molecule has 1 heterocycles. The Balaban J connectivity index is 2.48.